The van der Waals surface area contributed by atoms with Crippen molar-refractivity contribution in [1.29, 1.82) is 0 Å². The Bertz CT molecular complexity index is 1310. The van der Waals surface area contributed by atoms with E-state index in [1.165, 1.54) is 24.4 Å². The highest BCUT2D eigenvalue weighted by Gasteiger charge is 2.30. The lowest BCUT2D eigenvalue weighted by molar-refractivity contribution is -0.137. The Morgan fingerprint density at radius 3 is 2.23 bits per heavy atom. The van der Waals surface area contributed by atoms with Crippen LogP contribution in [0.25, 0.3) is 32.8 Å². The molecule has 0 unspecified atom stereocenters. The fraction of sp³-hybridized carbons (Fsp3) is 0.136. The molecule has 4 rings (SSSR count). The van der Waals surface area contributed by atoms with E-state index in [4.69, 9.17) is 8.22 Å². The molecule has 26 heavy (non-hydrogen) atoms. The molecule has 3 aromatic carbocycles. The molecular formula is C22H16F3N. The molecule has 4 heteroatoms. The maximum atomic E-state index is 13.3. The third kappa shape index (κ3) is 2.81. The van der Waals surface area contributed by atoms with Crippen molar-refractivity contribution in [1.82, 2.24) is 4.98 Å². The van der Waals surface area contributed by atoms with Crippen LogP contribution in [-0.2, 0) is 6.18 Å². The lowest BCUT2D eigenvalue weighted by Crippen LogP contribution is -2.04. The van der Waals surface area contributed by atoms with Crippen LogP contribution >= 0.6 is 0 Å². The zero-order valence-corrected chi connectivity index (χ0v) is 13.4. The van der Waals surface area contributed by atoms with E-state index in [0.29, 0.717) is 27.2 Å². The average molecular weight is 357 g/mol. The van der Waals surface area contributed by atoms with Crippen LogP contribution in [0.1, 0.15) is 24.9 Å². The Morgan fingerprint density at radius 2 is 1.54 bits per heavy atom. The Balaban J connectivity index is 2.03. The van der Waals surface area contributed by atoms with Crippen LogP contribution in [0.3, 0.4) is 0 Å². The zero-order valence-electron chi connectivity index (χ0n) is 19.4. The Labute approximate surface area is 157 Å². The first-order chi connectivity index (χ1) is 14.7. The highest BCUT2D eigenvalue weighted by Crippen LogP contribution is 2.36. The highest BCUT2D eigenvalue weighted by molar-refractivity contribution is 6.11. The molecule has 1 heterocycles. The fourth-order valence-corrected chi connectivity index (χ4v) is 3.16. The number of fused-ring (bicyclic) bond motifs is 3. The smallest absolute Gasteiger partial charge is 0.256 e. The van der Waals surface area contributed by atoms with Gasteiger partial charge in [-0.2, -0.15) is 13.2 Å². The van der Waals surface area contributed by atoms with E-state index in [9.17, 15) is 13.2 Å². The minimum Gasteiger partial charge on any atom is -0.256 e. The van der Waals surface area contributed by atoms with Gasteiger partial charge in [-0.1, -0.05) is 35.4 Å². The average Bonchev–Trinajstić information content (AvgIpc) is 2.70. The number of aromatic nitrogens is 1. The van der Waals surface area contributed by atoms with Gasteiger partial charge in [0.05, 0.1) is 11.3 Å². The number of nitrogens with zero attached hydrogens (tertiary/aromatic N) is 1. The van der Waals surface area contributed by atoms with Crippen LogP contribution in [0, 0.1) is 13.7 Å². The van der Waals surface area contributed by atoms with Crippen LogP contribution in [-0.4, -0.2) is 4.98 Å². The minimum atomic E-state index is -4.51. The van der Waals surface area contributed by atoms with Crippen LogP contribution in [0.4, 0.5) is 13.2 Å². The van der Waals surface area contributed by atoms with Crippen LogP contribution < -0.4 is 0 Å². The minimum absolute atomic E-state index is 0.153. The molecule has 0 aliphatic heterocycles. The van der Waals surface area contributed by atoms with Crippen molar-refractivity contribution in [3.63, 3.8) is 0 Å². The third-order valence-electron chi connectivity index (χ3n) is 4.30. The number of hydrogen-bond acceptors (Lipinski definition) is 1. The number of halogens is 3. The number of rotatable bonds is 1. The summed E-state index contributed by atoms with van der Waals surface area (Å²) >= 11 is 0. The van der Waals surface area contributed by atoms with E-state index >= 15 is 0 Å². The van der Waals surface area contributed by atoms with E-state index in [2.05, 4.69) is 4.98 Å². The van der Waals surface area contributed by atoms with E-state index < -0.39 is 25.4 Å². The summed E-state index contributed by atoms with van der Waals surface area (Å²) in [5, 5.41) is 1.94. The zero-order chi connectivity index (χ0) is 23.5. The van der Waals surface area contributed by atoms with Gasteiger partial charge in [0.1, 0.15) is 0 Å². The van der Waals surface area contributed by atoms with Crippen molar-refractivity contribution in [2.75, 3.05) is 0 Å². The maximum Gasteiger partial charge on any atom is 0.416 e. The van der Waals surface area contributed by atoms with Gasteiger partial charge >= 0.3 is 6.18 Å². The van der Waals surface area contributed by atoms with Gasteiger partial charge < -0.3 is 0 Å². The number of hydrogen-bond donors (Lipinski definition) is 0. The maximum absolute atomic E-state index is 13.3. The molecule has 0 atom stereocenters. The Kier molecular flexibility index (Phi) is 2.46. The number of alkyl halides is 3. The first kappa shape index (κ1) is 11.0. The molecule has 0 saturated heterocycles. The molecule has 0 radical (unpaired) electrons. The first-order valence-corrected chi connectivity index (χ1v) is 7.80. The molecule has 0 N–H and O–H groups in total. The monoisotopic (exact) mass is 357 g/mol. The van der Waals surface area contributed by atoms with Gasteiger partial charge in [0, 0.05) is 25.4 Å². The van der Waals surface area contributed by atoms with Gasteiger partial charge in [0.2, 0.25) is 0 Å². The summed E-state index contributed by atoms with van der Waals surface area (Å²) in [6, 6.07) is 12.2. The van der Waals surface area contributed by atoms with Gasteiger partial charge in [-0.25, -0.2) is 0 Å². The second-order valence-electron chi connectivity index (χ2n) is 6.05. The quantitative estimate of drug-likeness (QED) is 0.346. The van der Waals surface area contributed by atoms with Gasteiger partial charge in [-0.15, -0.1) is 0 Å². The van der Waals surface area contributed by atoms with E-state index in [1.54, 1.807) is 18.2 Å². The summed E-state index contributed by atoms with van der Waals surface area (Å²) in [5.41, 5.74) is -0.537. The number of pyridine rings is 1. The summed E-state index contributed by atoms with van der Waals surface area (Å²) in [6.07, 6.45) is -3.09. The first-order valence-electron chi connectivity index (χ1n) is 10.8. The summed E-state index contributed by atoms with van der Waals surface area (Å²) < 4.78 is 86.0. The summed E-state index contributed by atoms with van der Waals surface area (Å²) in [4.78, 5) is 4.31. The molecule has 130 valence electrons. The molecular weight excluding hydrogens is 335 g/mol. The predicted molar refractivity (Wildman–Crippen MR) is 99.2 cm³/mol. The van der Waals surface area contributed by atoms with Crippen LogP contribution in [0.5, 0.6) is 0 Å². The van der Waals surface area contributed by atoms with Gasteiger partial charge in [0.25, 0.3) is 0 Å². The van der Waals surface area contributed by atoms with E-state index in [1.807, 2.05) is 0 Å². The predicted octanol–water partition coefficient (Wildman–Crippen LogP) is 6.69. The van der Waals surface area contributed by atoms with Crippen molar-refractivity contribution in [2.24, 2.45) is 0 Å². The van der Waals surface area contributed by atoms with Gasteiger partial charge in [-0.05, 0) is 60.2 Å². The number of benzene rings is 3. The molecule has 1 nitrogen and oxygen atoms in total. The van der Waals surface area contributed by atoms with E-state index in [-0.39, 0.29) is 16.7 Å². The molecule has 1 aromatic heterocycles. The largest absolute Gasteiger partial charge is 0.416 e. The molecule has 4 aromatic rings. The molecule has 0 bridgehead atoms. The molecule has 0 spiro atoms. The molecule has 0 aliphatic carbocycles. The van der Waals surface area contributed by atoms with Crippen molar-refractivity contribution in [3.8, 4) is 11.3 Å². The topological polar surface area (TPSA) is 12.9 Å². The second kappa shape index (κ2) is 5.84. The van der Waals surface area contributed by atoms with Crippen molar-refractivity contribution < 1.29 is 21.4 Å². The molecule has 0 saturated carbocycles. The van der Waals surface area contributed by atoms with Crippen molar-refractivity contribution in [3.05, 3.63) is 77.5 Å². The highest BCUT2D eigenvalue weighted by atomic mass is 19.4. The van der Waals surface area contributed by atoms with Crippen molar-refractivity contribution >= 4 is 21.5 Å². The molecule has 0 amide bonds. The van der Waals surface area contributed by atoms with Gasteiger partial charge in [0.15, 0.2) is 0 Å². The second-order valence-corrected chi connectivity index (χ2v) is 6.05. The summed E-state index contributed by atoms with van der Waals surface area (Å²) in [5.74, 6) is 0. The number of aryl methyl sites for hydroxylation is 2. The van der Waals surface area contributed by atoms with E-state index in [0.717, 1.165) is 18.2 Å². The van der Waals surface area contributed by atoms with Gasteiger partial charge in [-0.3, -0.25) is 4.98 Å². The lowest BCUT2D eigenvalue weighted by atomic mass is 9.96. The lowest BCUT2D eigenvalue weighted by Gasteiger charge is -2.12. The molecule has 0 aliphatic rings. The van der Waals surface area contributed by atoms with Crippen molar-refractivity contribution in [2.45, 2.75) is 19.9 Å². The Morgan fingerprint density at radius 1 is 0.808 bits per heavy atom. The van der Waals surface area contributed by atoms with Crippen LogP contribution in [0.15, 0.2) is 60.8 Å². The summed E-state index contributed by atoms with van der Waals surface area (Å²) in [6.45, 7) is -5.09. The summed E-state index contributed by atoms with van der Waals surface area (Å²) in [7, 11) is 0. The Hall–Kier alpha value is -2.88. The SMILES string of the molecule is [2H]C([2H])([2H])c1cc(-c2nccc3c2ccc2ccc(C(F)(F)F)cc23)cc(C([2H])([2H])[2H])c1. The third-order valence-corrected chi connectivity index (χ3v) is 4.30. The van der Waals surface area contributed by atoms with Crippen LogP contribution in [0.2, 0.25) is 0 Å². The molecule has 0 fully saturated rings. The normalized spacial score (nSPS) is 16.4. The fourth-order valence-electron chi connectivity index (χ4n) is 3.16. The standard InChI is InChI=1S/C22H16F3N/c1-13-9-14(2)11-16(10-13)21-19-6-4-15-3-5-17(22(23,24)25)12-20(15)18(19)7-8-26-21/h3-12H,1-2H3/i1D3,2D3.